The molecular weight excluding hydrogens is 412 g/mol. The van der Waals surface area contributed by atoms with Gasteiger partial charge in [0.25, 0.3) is 0 Å². The van der Waals surface area contributed by atoms with E-state index < -0.39 is 15.8 Å². The van der Waals surface area contributed by atoms with Gasteiger partial charge in [0.2, 0.25) is 5.91 Å². The van der Waals surface area contributed by atoms with Crippen molar-refractivity contribution in [2.24, 2.45) is 11.3 Å². The van der Waals surface area contributed by atoms with E-state index in [4.69, 9.17) is 4.74 Å². The Bertz CT molecular complexity index is 1030. The van der Waals surface area contributed by atoms with Crippen LogP contribution in [0, 0.1) is 11.3 Å². The first-order chi connectivity index (χ1) is 13.8. The maximum atomic E-state index is 12.8. The van der Waals surface area contributed by atoms with Crippen LogP contribution < -0.4 is 5.32 Å². The number of nitrogens with one attached hydrogen (secondary N) is 1. The molecule has 1 aliphatic heterocycles. The van der Waals surface area contributed by atoms with Gasteiger partial charge in [-0.05, 0) is 31.6 Å². The lowest BCUT2D eigenvalue weighted by Crippen LogP contribution is -2.28. The van der Waals surface area contributed by atoms with Crippen molar-refractivity contribution in [3.8, 4) is 11.3 Å². The largest absolute Gasteiger partial charge is 0.462 e. The van der Waals surface area contributed by atoms with Crippen LogP contribution in [0.15, 0.2) is 30.3 Å². The van der Waals surface area contributed by atoms with Crippen LogP contribution in [-0.4, -0.2) is 43.4 Å². The van der Waals surface area contributed by atoms with Crippen LogP contribution in [0.25, 0.3) is 11.3 Å². The molecule has 1 aliphatic carbocycles. The molecule has 1 amide bonds. The molecule has 29 heavy (non-hydrogen) atoms. The minimum Gasteiger partial charge on any atom is -0.462 e. The van der Waals surface area contributed by atoms with Crippen LogP contribution in [0.5, 0.6) is 0 Å². The maximum Gasteiger partial charge on any atom is 0.350 e. The second-order valence-corrected chi connectivity index (χ2v) is 10.8. The smallest absolute Gasteiger partial charge is 0.350 e. The minimum absolute atomic E-state index is 0.152. The quantitative estimate of drug-likeness (QED) is 0.726. The summed E-state index contributed by atoms with van der Waals surface area (Å²) in [6, 6.07) is 9.28. The van der Waals surface area contributed by atoms with Crippen molar-refractivity contribution < 1.29 is 22.7 Å². The van der Waals surface area contributed by atoms with Gasteiger partial charge in [-0.3, -0.25) is 4.79 Å². The van der Waals surface area contributed by atoms with Crippen LogP contribution in [-0.2, 0) is 19.4 Å². The number of rotatable bonds is 5. The van der Waals surface area contributed by atoms with Gasteiger partial charge in [-0.25, -0.2) is 18.2 Å². The Kier molecular flexibility index (Phi) is 5.20. The van der Waals surface area contributed by atoms with E-state index in [0.717, 1.165) is 16.9 Å². The van der Waals surface area contributed by atoms with Crippen LogP contribution in [0.3, 0.4) is 0 Å². The molecule has 2 heterocycles. The normalized spacial score (nSPS) is 21.5. The number of hydrogen-bond donors (Lipinski definition) is 1. The number of amides is 1. The number of ether oxygens (including phenoxy) is 1. The second kappa shape index (κ2) is 7.53. The molecular formula is C20H22N2O5S2. The number of thiazole rings is 1. The van der Waals surface area contributed by atoms with Crippen molar-refractivity contribution in [1.29, 1.82) is 0 Å². The summed E-state index contributed by atoms with van der Waals surface area (Å²) in [6.07, 6.45) is 1.78. The number of carbonyl (C=O) groups is 2. The predicted molar refractivity (Wildman–Crippen MR) is 111 cm³/mol. The summed E-state index contributed by atoms with van der Waals surface area (Å²) in [7, 11) is -2.96. The lowest BCUT2D eigenvalue weighted by Gasteiger charge is -2.22. The highest BCUT2D eigenvalue weighted by molar-refractivity contribution is 7.91. The third-order valence-electron chi connectivity index (χ3n) is 5.69. The van der Waals surface area contributed by atoms with E-state index >= 15 is 0 Å². The lowest BCUT2D eigenvalue weighted by atomic mass is 9.96. The van der Waals surface area contributed by atoms with E-state index in [-0.39, 0.29) is 35.4 Å². The topological polar surface area (TPSA) is 102 Å². The van der Waals surface area contributed by atoms with Crippen LogP contribution in [0.4, 0.5) is 5.13 Å². The summed E-state index contributed by atoms with van der Waals surface area (Å²) in [4.78, 5) is 29.9. The van der Waals surface area contributed by atoms with Gasteiger partial charge in [-0.2, -0.15) is 0 Å². The van der Waals surface area contributed by atoms with E-state index in [2.05, 4.69) is 10.3 Å². The van der Waals surface area contributed by atoms with Gasteiger partial charge in [-0.1, -0.05) is 41.7 Å². The average Bonchev–Trinajstić information content (AvgIpc) is 3.26. The van der Waals surface area contributed by atoms with Gasteiger partial charge in [0.05, 0.1) is 23.8 Å². The van der Waals surface area contributed by atoms with E-state index in [1.165, 1.54) is 0 Å². The summed E-state index contributed by atoms with van der Waals surface area (Å²) in [5.74, 6) is -0.524. The average molecular weight is 435 g/mol. The zero-order valence-electron chi connectivity index (χ0n) is 16.0. The lowest BCUT2D eigenvalue weighted by molar-refractivity contribution is -0.118. The first kappa shape index (κ1) is 20.0. The summed E-state index contributed by atoms with van der Waals surface area (Å²) < 4.78 is 28.5. The first-order valence-corrected chi connectivity index (χ1v) is 12.2. The standard InChI is InChI=1S/C20H22N2O5S2/c1-2-27-18(24)16-15(13-6-4-3-5-7-13)21-19(28-16)22-17(23)14-12-20(14)8-10-29(25,26)11-9-20/h3-7,14H,2,8-12H2,1H3,(H,21,22,23)/t14-/m0/s1. The number of benzene rings is 1. The Labute approximate surface area is 173 Å². The molecule has 0 bridgehead atoms. The summed E-state index contributed by atoms with van der Waals surface area (Å²) >= 11 is 1.10. The Morgan fingerprint density at radius 2 is 1.93 bits per heavy atom. The van der Waals surface area contributed by atoms with Crippen LogP contribution in [0.2, 0.25) is 0 Å². The molecule has 2 fully saturated rings. The zero-order valence-corrected chi connectivity index (χ0v) is 17.6. The number of carbonyl (C=O) groups excluding carboxylic acids is 2. The second-order valence-electron chi connectivity index (χ2n) is 7.54. The zero-order chi connectivity index (χ0) is 20.6. The highest BCUT2D eigenvalue weighted by Gasteiger charge is 2.59. The number of esters is 1. The van der Waals surface area contributed by atoms with E-state index in [9.17, 15) is 18.0 Å². The molecule has 0 radical (unpaired) electrons. The number of aromatic nitrogens is 1. The molecule has 7 nitrogen and oxygen atoms in total. The number of sulfone groups is 1. The molecule has 2 aliphatic rings. The highest BCUT2D eigenvalue weighted by Crippen LogP contribution is 2.60. The van der Waals surface area contributed by atoms with Gasteiger partial charge in [-0.15, -0.1) is 0 Å². The number of anilines is 1. The van der Waals surface area contributed by atoms with Crippen molar-refractivity contribution in [1.82, 2.24) is 4.98 Å². The molecule has 2 aromatic rings. The summed E-state index contributed by atoms with van der Waals surface area (Å²) in [6.45, 7) is 1.99. The van der Waals surface area contributed by atoms with Gasteiger partial charge in [0.15, 0.2) is 5.13 Å². The number of hydrogen-bond acceptors (Lipinski definition) is 7. The fraction of sp³-hybridized carbons (Fsp3) is 0.450. The van der Waals surface area contributed by atoms with Crippen molar-refractivity contribution >= 4 is 38.2 Å². The highest BCUT2D eigenvalue weighted by atomic mass is 32.2. The molecule has 1 saturated heterocycles. The third-order valence-corrected chi connectivity index (χ3v) is 8.30. The minimum atomic E-state index is -2.96. The van der Waals surface area contributed by atoms with Crippen molar-refractivity contribution in [2.75, 3.05) is 23.4 Å². The Balaban J connectivity index is 1.52. The van der Waals surface area contributed by atoms with E-state index in [1.54, 1.807) is 6.92 Å². The fourth-order valence-corrected chi connectivity index (χ4v) is 6.43. The summed E-state index contributed by atoms with van der Waals surface area (Å²) in [5, 5.41) is 3.18. The van der Waals surface area contributed by atoms with Crippen molar-refractivity contribution in [3.63, 3.8) is 0 Å². The van der Waals surface area contributed by atoms with Crippen LogP contribution >= 0.6 is 11.3 Å². The van der Waals surface area contributed by atoms with E-state index in [0.29, 0.717) is 35.0 Å². The molecule has 1 N–H and O–H groups in total. The molecule has 9 heteroatoms. The van der Waals surface area contributed by atoms with Crippen LogP contribution in [0.1, 0.15) is 35.9 Å². The molecule has 1 aromatic heterocycles. The molecule has 4 rings (SSSR count). The van der Waals surface area contributed by atoms with Gasteiger partial charge < -0.3 is 10.1 Å². The molecule has 154 valence electrons. The Morgan fingerprint density at radius 1 is 1.24 bits per heavy atom. The third kappa shape index (κ3) is 4.06. The molecule has 1 spiro atoms. The van der Waals surface area contributed by atoms with Crippen molar-refractivity contribution in [2.45, 2.75) is 26.2 Å². The summed E-state index contributed by atoms with van der Waals surface area (Å²) in [5.41, 5.74) is 1.06. The van der Waals surface area contributed by atoms with Gasteiger partial charge in [0.1, 0.15) is 14.7 Å². The van der Waals surface area contributed by atoms with Gasteiger partial charge in [0, 0.05) is 11.5 Å². The van der Waals surface area contributed by atoms with Gasteiger partial charge >= 0.3 is 5.97 Å². The monoisotopic (exact) mass is 434 g/mol. The molecule has 1 saturated carbocycles. The Morgan fingerprint density at radius 3 is 2.59 bits per heavy atom. The molecule has 1 atom stereocenters. The molecule has 1 aromatic carbocycles. The van der Waals surface area contributed by atoms with Crippen molar-refractivity contribution in [3.05, 3.63) is 35.2 Å². The maximum absolute atomic E-state index is 12.8. The Hall–Kier alpha value is -2.26. The van der Waals surface area contributed by atoms with E-state index in [1.807, 2.05) is 30.3 Å². The first-order valence-electron chi connectivity index (χ1n) is 9.58. The predicted octanol–water partition coefficient (Wildman–Crippen LogP) is 3.14. The number of nitrogens with zero attached hydrogens (tertiary/aromatic N) is 1. The molecule has 0 unspecified atom stereocenters. The fourth-order valence-electron chi connectivity index (χ4n) is 3.91. The SMILES string of the molecule is CCOC(=O)c1sc(NC(=O)[C@@H]2CC23CCS(=O)(=O)CC3)nc1-c1ccccc1.